The number of nitrogens with one attached hydrogen (secondary N) is 1. The number of hydrogen-bond acceptors (Lipinski definition) is 3. The van der Waals surface area contributed by atoms with Crippen molar-refractivity contribution in [3.63, 3.8) is 0 Å². The van der Waals surface area contributed by atoms with Gasteiger partial charge in [-0.05, 0) is 18.6 Å². The maximum Gasteiger partial charge on any atom is 0.223 e. The van der Waals surface area contributed by atoms with Crippen LogP contribution in [0.3, 0.4) is 0 Å². The van der Waals surface area contributed by atoms with Crippen LogP contribution in [0.15, 0.2) is 36.3 Å². The summed E-state index contributed by atoms with van der Waals surface area (Å²) in [5.41, 5.74) is 0.767. The van der Waals surface area contributed by atoms with Gasteiger partial charge < -0.3 is 10.1 Å². The van der Waals surface area contributed by atoms with Gasteiger partial charge in [-0.2, -0.15) is 3.89 Å². The molecule has 0 fully saturated rings. The van der Waals surface area contributed by atoms with Crippen molar-refractivity contribution in [1.29, 1.82) is 0 Å². The average molecular weight is 273 g/mol. The van der Waals surface area contributed by atoms with Crippen molar-refractivity contribution in [2.24, 2.45) is 0 Å². The van der Waals surface area contributed by atoms with Crippen LogP contribution in [0.25, 0.3) is 0 Å². The molecular formula is C13H20FNO2S. The Kier molecular flexibility index (Phi) is 10.2. The minimum atomic E-state index is -0.0413. The van der Waals surface area contributed by atoms with Crippen LogP contribution in [-0.4, -0.2) is 18.3 Å². The number of halogens is 1. The highest BCUT2D eigenvalue weighted by Crippen LogP contribution is 2.08. The van der Waals surface area contributed by atoms with E-state index in [4.69, 9.17) is 4.74 Å². The third-order valence-corrected chi connectivity index (χ3v) is 2.35. The van der Waals surface area contributed by atoms with E-state index in [1.807, 2.05) is 6.92 Å². The fourth-order valence-corrected chi connectivity index (χ4v) is 1.26. The topological polar surface area (TPSA) is 38.3 Å². The summed E-state index contributed by atoms with van der Waals surface area (Å²) < 4.78 is 17.3. The second-order valence-electron chi connectivity index (χ2n) is 3.39. The molecule has 0 atom stereocenters. The molecular weight excluding hydrogens is 253 g/mol. The first-order valence-corrected chi connectivity index (χ1v) is 6.75. The molecule has 0 rings (SSSR count). The summed E-state index contributed by atoms with van der Waals surface area (Å²) in [4.78, 5) is 11.3. The molecule has 1 N–H and O–H groups in total. The van der Waals surface area contributed by atoms with E-state index in [1.165, 1.54) is 0 Å². The number of amides is 1. The van der Waals surface area contributed by atoms with Crippen molar-refractivity contribution < 1.29 is 13.4 Å². The monoisotopic (exact) mass is 273 g/mol. The molecule has 0 aliphatic carbocycles. The number of carbonyl (C=O) groups excluding carboxylic acids is 1. The van der Waals surface area contributed by atoms with Gasteiger partial charge in [0, 0.05) is 24.3 Å². The Morgan fingerprint density at radius 2 is 2.17 bits per heavy atom. The Morgan fingerprint density at radius 3 is 2.67 bits per heavy atom. The van der Waals surface area contributed by atoms with Gasteiger partial charge >= 0.3 is 0 Å². The Balaban J connectivity index is 4.62. The minimum Gasteiger partial charge on any atom is -0.493 e. The van der Waals surface area contributed by atoms with Crippen LogP contribution in [0.1, 0.15) is 26.7 Å². The smallest absolute Gasteiger partial charge is 0.223 e. The summed E-state index contributed by atoms with van der Waals surface area (Å²) in [7, 11) is 0. The van der Waals surface area contributed by atoms with E-state index in [0.717, 1.165) is 5.70 Å². The third-order valence-electron chi connectivity index (χ3n) is 2.03. The van der Waals surface area contributed by atoms with Crippen molar-refractivity contribution in [2.45, 2.75) is 26.7 Å². The molecule has 0 aromatic carbocycles. The lowest BCUT2D eigenvalue weighted by Gasteiger charge is -2.09. The van der Waals surface area contributed by atoms with Crippen LogP contribution >= 0.6 is 12.1 Å². The summed E-state index contributed by atoms with van der Waals surface area (Å²) in [6, 6.07) is 0. The molecule has 3 nitrogen and oxygen atoms in total. The maximum atomic E-state index is 11.9. The predicted molar refractivity (Wildman–Crippen MR) is 74.6 cm³/mol. The van der Waals surface area contributed by atoms with E-state index in [2.05, 4.69) is 11.9 Å². The number of rotatable bonds is 9. The van der Waals surface area contributed by atoms with Crippen molar-refractivity contribution in [2.75, 3.05) is 12.4 Å². The number of carbonyl (C=O) groups is 1. The predicted octanol–water partition coefficient (Wildman–Crippen LogP) is 3.51. The Bertz CT molecular complexity index is 327. The molecule has 102 valence electrons. The zero-order chi connectivity index (χ0) is 13.8. The van der Waals surface area contributed by atoms with Crippen molar-refractivity contribution in [3.8, 4) is 0 Å². The summed E-state index contributed by atoms with van der Waals surface area (Å²) >= 11 is 0.232. The lowest BCUT2D eigenvalue weighted by molar-refractivity contribution is -0.120. The number of hydrogen-bond donors (Lipinski definition) is 1. The molecule has 0 spiro atoms. The Hall–Kier alpha value is -1.23. The van der Waals surface area contributed by atoms with Crippen LogP contribution in [-0.2, 0) is 9.53 Å². The molecule has 0 aromatic rings. The van der Waals surface area contributed by atoms with Gasteiger partial charge in [-0.3, -0.25) is 4.79 Å². The average Bonchev–Trinajstić information content (AvgIpc) is 2.38. The summed E-state index contributed by atoms with van der Waals surface area (Å²) in [5, 5.41) is 2.78. The van der Waals surface area contributed by atoms with Crippen LogP contribution in [0.5, 0.6) is 0 Å². The molecule has 0 saturated carbocycles. The molecule has 0 saturated heterocycles. The highest BCUT2D eigenvalue weighted by molar-refractivity contribution is 7.94. The first-order chi connectivity index (χ1) is 8.67. The Labute approximate surface area is 112 Å². The highest BCUT2D eigenvalue weighted by Gasteiger charge is 2.02. The fraction of sp³-hybridized carbons (Fsp3) is 0.462. The van der Waals surface area contributed by atoms with E-state index >= 15 is 0 Å². The van der Waals surface area contributed by atoms with Gasteiger partial charge in [-0.25, -0.2) is 0 Å². The van der Waals surface area contributed by atoms with E-state index in [-0.39, 0.29) is 30.4 Å². The van der Waals surface area contributed by atoms with Crippen molar-refractivity contribution >= 4 is 18.1 Å². The van der Waals surface area contributed by atoms with E-state index in [0.29, 0.717) is 18.6 Å². The molecule has 0 aliphatic heterocycles. The van der Waals surface area contributed by atoms with Gasteiger partial charge in [0.25, 0.3) is 0 Å². The second kappa shape index (κ2) is 10.9. The highest BCUT2D eigenvalue weighted by atomic mass is 32.2. The second-order valence-corrected chi connectivity index (χ2v) is 4.02. The summed E-state index contributed by atoms with van der Waals surface area (Å²) in [6.45, 7) is 7.59. The van der Waals surface area contributed by atoms with Gasteiger partial charge in [0.2, 0.25) is 5.91 Å². The summed E-state index contributed by atoms with van der Waals surface area (Å²) in [6.07, 6.45) is 6.11. The van der Waals surface area contributed by atoms with Crippen LogP contribution in [0.4, 0.5) is 3.89 Å². The normalized spacial score (nSPS) is 12.2. The molecule has 1 amide bonds. The summed E-state index contributed by atoms with van der Waals surface area (Å²) in [5.74, 6) is 0.790. The SMILES string of the molecule is C=C/C=C(\C=C(/CC)NC(=O)CC)OCCSF. The van der Waals surface area contributed by atoms with Gasteiger partial charge in [-0.15, -0.1) is 0 Å². The van der Waals surface area contributed by atoms with E-state index in [9.17, 15) is 8.68 Å². The standard InChI is InChI=1S/C13H20FNO2S/c1-4-7-12(17-8-9-18-14)10-11(5-2)15-13(16)6-3/h4,7,10H,1,5-6,8-9H2,2-3H3,(H,15,16)/b11-10+,12-7+. The van der Waals surface area contributed by atoms with Crippen LogP contribution in [0.2, 0.25) is 0 Å². The molecule has 0 aliphatic rings. The zero-order valence-corrected chi connectivity index (χ0v) is 11.7. The molecule has 0 heterocycles. The van der Waals surface area contributed by atoms with Crippen LogP contribution < -0.4 is 5.32 Å². The first kappa shape index (κ1) is 16.8. The quantitative estimate of drug-likeness (QED) is 0.397. The van der Waals surface area contributed by atoms with Gasteiger partial charge in [-0.1, -0.05) is 26.5 Å². The van der Waals surface area contributed by atoms with Crippen molar-refractivity contribution in [3.05, 3.63) is 36.3 Å². The van der Waals surface area contributed by atoms with Gasteiger partial charge in [0.15, 0.2) is 0 Å². The molecule has 5 heteroatoms. The van der Waals surface area contributed by atoms with Gasteiger partial charge in [0.05, 0.1) is 12.4 Å². The zero-order valence-electron chi connectivity index (χ0n) is 10.9. The van der Waals surface area contributed by atoms with E-state index < -0.39 is 0 Å². The van der Waals surface area contributed by atoms with Crippen LogP contribution in [0, 0.1) is 0 Å². The molecule has 18 heavy (non-hydrogen) atoms. The lowest BCUT2D eigenvalue weighted by atomic mass is 10.2. The maximum absolute atomic E-state index is 11.9. The Morgan fingerprint density at radius 1 is 1.44 bits per heavy atom. The molecule has 0 unspecified atom stereocenters. The fourth-order valence-electron chi connectivity index (χ4n) is 1.11. The van der Waals surface area contributed by atoms with Gasteiger partial charge in [0.1, 0.15) is 5.76 Å². The molecule has 0 bridgehead atoms. The molecule has 0 radical (unpaired) electrons. The lowest BCUT2D eigenvalue weighted by Crippen LogP contribution is -2.21. The minimum absolute atomic E-state index is 0.0413. The molecule has 0 aromatic heterocycles. The number of ether oxygens (including phenoxy) is 1. The van der Waals surface area contributed by atoms with E-state index in [1.54, 1.807) is 25.2 Å². The number of allylic oxidation sites excluding steroid dienone is 4. The first-order valence-electron chi connectivity index (χ1n) is 5.87. The largest absolute Gasteiger partial charge is 0.493 e. The van der Waals surface area contributed by atoms with Crippen molar-refractivity contribution in [1.82, 2.24) is 5.32 Å². The third kappa shape index (κ3) is 7.95.